The number of likely N-dealkylation sites (N-methyl/N-ethyl adjacent to an activating group) is 1. The van der Waals surface area contributed by atoms with Gasteiger partial charge < -0.3 is 34.1 Å². The highest BCUT2D eigenvalue weighted by Gasteiger charge is 2.72. The van der Waals surface area contributed by atoms with E-state index in [1.165, 1.54) is 6.92 Å². The van der Waals surface area contributed by atoms with Crippen LogP contribution >= 0.6 is 0 Å². The number of carbonyl (C=O) groups excluding carboxylic acids is 2. The summed E-state index contributed by atoms with van der Waals surface area (Å²) in [6, 6.07) is 3.74. The Balaban J connectivity index is 1.45. The van der Waals surface area contributed by atoms with E-state index in [4.69, 9.17) is 24.1 Å². The van der Waals surface area contributed by atoms with Crippen LogP contribution in [0.15, 0.2) is 24.0 Å². The van der Waals surface area contributed by atoms with E-state index in [9.17, 15) is 19.5 Å². The maximum atomic E-state index is 12.8. The average molecular weight is 488 g/mol. The number of carboxylic acids is 1. The van der Waals surface area contributed by atoms with Crippen LogP contribution in [0.3, 0.4) is 0 Å². The van der Waals surface area contributed by atoms with Crippen molar-refractivity contribution >= 4 is 17.9 Å². The minimum atomic E-state index is -1.24. The Morgan fingerprint density at radius 3 is 2.77 bits per heavy atom. The Labute approximate surface area is 202 Å². The third kappa shape index (κ3) is 3.34. The molecule has 0 aromatic heterocycles. The number of hydrogen-bond acceptors (Lipinski definition) is 9. The highest BCUT2D eigenvalue weighted by atomic mass is 16.6. The number of methoxy groups -OCH3 is 1. The molecule has 2 aliphatic heterocycles. The number of esters is 2. The monoisotopic (exact) mass is 487 g/mol. The zero-order valence-electron chi connectivity index (χ0n) is 19.9. The second kappa shape index (κ2) is 8.23. The maximum absolute atomic E-state index is 12.8. The summed E-state index contributed by atoms with van der Waals surface area (Å²) < 4.78 is 22.7. The normalized spacial score (nSPS) is 30.9. The van der Waals surface area contributed by atoms with Gasteiger partial charge in [0.15, 0.2) is 23.7 Å². The predicted molar refractivity (Wildman–Crippen MR) is 120 cm³/mol. The number of benzene rings is 1. The van der Waals surface area contributed by atoms with Crippen LogP contribution in [-0.2, 0) is 35.7 Å². The van der Waals surface area contributed by atoms with Gasteiger partial charge in [0.1, 0.15) is 5.76 Å². The van der Waals surface area contributed by atoms with Crippen molar-refractivity contribution in [2.75, 3.05) is 20.7 Å². The molecule has 2 N–H and O–H groups in total. The first kappa shape index (κ1) is 23.6. The van der Waals surface area contributed by atoms with Crippen LogP contribution < -0.4 is 9.47 Å². The van der Waals surface area contributed by atoms with E-state index < -0.39 is 41.1 Å². The molecule has 0 saturated carbocycles. The van der Waals surface area contributed by atoms with Crippen molar-refractivity contribution in [2.45, 2.75) is 68.3 Å². The fraction of sp³-hybridized carbons (Fsp3) is 0.560. The molecule has 1 fully saturated rings. The Morgan fingerprint density at radius 2 is 2.06 bits per heavy atom. The molecular formula is C25H29NO9. The first-order valence-electron chi connectivity index (χ1n) is 11.7. The molecule has 5 atom stereocenters. The third-order valence-corrected chi connectivity index (χ3v) is 7.96. The van der Waals surface area contributed by atoms with Gasteiger partial charge in [0.05, 0.1) is 31.0 Å². The second-order valence-corrected chi connectivity index (χ2v) is 9.73. The van der Waals surface area contributed by atoms with E-state index in [0.717, 1.165) is 17.7 Å². The van der Waals surface area contributed by atoms with Gasteiger partial charge >= 0.3 is 17.9 Å². The molecule has 10 nitrogen and oxygen atoms in total. The Morgan fingerprint density at radius 1 is 1.29 bits per heavy atom. The number of aliphatic carboxylic acids is 1. The van der Waals surface area contributed by atoms with Gasteiger partial charge in [-0.05, 0) is 51.1 Å². The standard InChI is InChI=1S/C25H29NO9/c1-13(33-19(29)7-6-18(27)28)23(30)34-16-8-9-25(31)17-12-14-4-5-15(32-3)21-20(14)24(25,22(16)35-21)10-11-26(17)2/h4-5,8,13,17,22,31H,6-7,9-12H2,1-3H3,(H,27,28)/t13-,17-,22+,24+,25-/m1/s1. The molecule has 1 saturated heterocycles. The van der Waals surface area contributed by atoms with Gasteiger partial charge in [0.25, 0.3) is 0 Å². The van der Waals surface area contributed by atoms with Gasteiger partial charge in [0.2, 0.25) is 0 Å². The molecule has 2 aliphatic carbocycles. The maximum Gasteiger partial charge on any atom is 0.352 e. The van der Waals surface area contributed by atoms with Crippen LogP contribution in [0.2, 0.25) is 0 Å². The molecule has 2 heterocycles. The van der Waals surface area contributed by atoms with Crippen LogP contribution in [-0.4, -0.2) is 77.6 Å². The molecule has 0 unspecified atom stereocenters. The number of ether oxygens (including phenoxy) is 4. The van der Waals surface area contributed by atoms with Gasteiger partial charge in [-0.2, -0.15) is 0 Å². The van der Waals surface area contributed by atoms with Crippen molar-refractivity contribution in [3.63, 3.8) is 0 Å². The van der Waals surface area contributed by atoms with Crippen molar-refractivity contribution in [2.24, 2.45) is 0 Å². The number of carboxylic acid groups (broad SMARTS) is 1. The number of rotatable bonds is 7. The summed E-state index contributed by atoms with van der Waals surface area (Å²) in [5, 5.41) is 20.9. The number of likely N-dealkylation sites (tertiary alicyclic amines) is 1. The molecule has 188 valence electrons. The predicted octanol–water partition coefficient (Wildman–Crippen LogP) is 1.31. The summed E-state index contributed by atoms with van der Waals surface area (Å²) in [6.07, 6.45) is 0.516. The molecule has 2 bridgehead atoms. The quantitative estimate of drug-likeness (QED) is 0.543. The molecule has 1 aromatic carbocycles. The van der Waals surface area contributed by atoms with E-state index >= 15 is 0 Å². The van der Waals surface area contributed by atoms with Crippen LogP contribution in [0.1, 0.15) is 43.7 Å². The van der Waals surface area contributed by atoms with E-state index in [-0.39, 0.29) is 31.1 Å². The fourth-order valence-corrected chi connectivity index (χ4v) is 6.30. The van der Waals surface area contributed by atoms with Crippen LogP contribution in [0, 0.1) is 0 Å². The molecule has 0 radical (unpaired) electrons. The highest BCUT2D eigenvalue weighted by molar-refractivity contribution is 5.81. The minimum absolute atomic E-state index is 0.128. The zero-order chi connectivity index (χ0) is 25.1. The topological polar surface area (TPSA) is 132 Å². The number of carbonyl (C=O) groups is 3. The third-order valence-electron chi connectivity index (χ3n) is 7.96. The second-order valence-electron chi connectivity index (χ2n) is 9.73. The van der Waals surface area contributed by atoms with Crippen molar-refractivity contribution in [3.8, 4) is 11.5 Å². The molecule has 10 heteroatoms. The molecule has 35 heavy (non-hydrogen) atoms. The lowest BCUT2D eigenvalue weighted by Gasteiger charge is -2.61. The number of piperidine rings is 1. The molecule has 1 aromatic rings. The van der Waals surface area contributed by atoms with E-state index in [0.29, 0.717) is 24.3 Å². The Hall–Kier alpha value is -3.11. The number of hydrogen-bond donors (Lipinski definition) is 2. The lowest BCUT2D eigenvalue weighted by Crippen LogP contribution is -2.74. The number of aliphatic hydroxyl groups is 1. The van der Waals surface area contributed by atoms with Crippen molar-refractivity contribution < 1.29 is 43.5 Å². The first-order chi connectivity index (χ1) is 16.6. The van der Waals surface area contributed by atoms with Crippen molar-refractivity contribution in [1.29, 1.82) is 0 Å². The van der Waals surface area contributed by atoms with Crippen molar-refractivity contribution in [1.82, 2.24) is 4.90 Å². The molecule has 5 rings (SSSR count). The molecule has 4 aliphatic rings. The summed E-state index contributed by atoms with van der Waals surface area (Å²) >= 11 is 0. The Kier molecular flexibility index (Phi) is 5.56. The van der Waals surface area contributed by atoms with Gasteiger partial charge in [-0.15, -0.1) is 0 Å². The summed E-state index contributed by atoms with van der Waals surface area (Å²) in [5.41, 5.74) is 0.0642. The molecule has 1 spiro atoms. The van der Waals surface area contributed by atoms with Gasteiger partial charge in [-0.25, -0.2) is 4.79 Å². The highest BCUT2D eigenvalue weighted by Crippen LogP contribution is 2.65. The van der Waals surface area contributed by atoms with Crippen molar-refractivity contribution in [3.05, 3.63) is 35.1 Å². The fourth-order valence-electron chi connectivity index (χ4n) is 6.30. The SMILES string of the molecule is COc1ccc2c3c1O[C@H]1C(OC(=O)[C@@H](C)OC(=O)CCC(=O)O)=CC[C@@]4(O)[C@@H](C2)N(C)CC[C@]314. The largest absolute Gasteiger partial charge is 0.493 e. The lowest BCUT2D eigenvalue weighted by molar-refractivity contribution is -0.175. The molecule has 0 amide bonds. The van der Waals surface area contributed by atoms with Gasteiger partial charge in [-0.3, -0.25) is 9.59 Å². The first-order valence-corrected chi connectivity index (χ1v) is 11.7. The van der Waals surface area contributed by atoms with E-state index in [1.54, 1.807) is 13.2 Å². The smallest absolute Gasteiger partial charge is 0.352 e. The van der Waals surface area contributed by atoms with E-state index in [2.05, 4.69) is 4.90 Å². The molecular weight excluding hydrogens is 458 g/mol. The van der Waals surface area contributed by atoms with Gasteiger partial charge in [0, 0.05) is 18.0 Å². The van der Waals surface area contributed by atoms with Crippen LogP contribution in [0.4, 0.5) is 0 Å². The average Bonchev–Trinajstić information content (AvgIpc) is 3.17. The van der Waals surface area contributed by atoms with Gasteiger partial charge in [-0.1, -0.05) is 6.07 Å². The summed E-state index contributed by atoms with van der Waals surface area (Å²) in [6.45, 7) is 2.11. The summed E-state index contributed by atoms with van der Waals surface area (Å²) in [5.74, 6) is -1.34. The van der Waals surface area contributed by atoms with Crippen LogP contribution in [0.25, 0.3) is 0 Å². The zero-order valence-corrected chi connectivity index (χ0v) is 19.9. The minimum Gasteiger partial charge on any atom is -0.493 e. The van der Waals surface area contributed by atoms with Crippen LogP contribution in [0.5, 0.6) is 11.5 Å². The summed E-state index contributed by atoms with van der Waals surface area (Å²) in [7, 11) is 3.57. The number of nitrogens with zero attached hydrogens (tertiary/aromatic N) is 1. The Bertz CT molecular complexity index is 1130. The lowest BCUT2D eigenvalue weighted by atomic mass is 9.50. The summed E-state index contributed by atoms with van der Waals surface area (Å²) in [4.78, 5) is 37.5. The van der Waals surface area contributed by atoms with E-state index in [1.807, 2.05) is 19.2 Å².